The molecule has 0 unspecified atom stereocenters. The Bertz CT molecular complexity index is 840. The molecule has 116 valence electrons. The quantitative estimate of drug-likeness (QED) is 0.778. The van der Waals surface area contributed by atoms with E-state index in [0.717, 1.165) is 16.9 Å². The van der Waals surface area contributed by atoms with Gasteiger partial charge in [0.1, 0.15) is 11.6 Å². The number of fused-ring (bicyclic) bond motifs is 1. The highest BCUT2D eigenvalue weighted by molar-refractivity contribution is 5.83. The van der Waals surface area contributed by atoms with E-state index in [2.05, 4.69) is 15.3 Å². The van der Waals surface area contributed by atoms with Crippen molar-refractivity contribution in [3.63, 3.8) is 0 Å². The number of benzene rings is 2. The van der Waals surface area contributed by atoms with Gasteiger partial charge < -0.3 is 10.3 Å². The number of aromatic amines is 1. The van der Waals surface area contributed by atoms with Gasteiger partial charge in [0.2, 0.25) is 5.91 Å². The molecule has 4 rings (SSSR count). The number of hydrogen-bond donors (Lipinski definition) is 2. The minimum absolute atomic E-state index is 0.00752. The van der Waals surface area contributed by atoms with Gasteiger partial charge in [0.25, 0.3) is 0 Å². The van der Waals surface area contributed by atoms with Gasteiger partial charge >= 0.3 is 0 Å². The second-order valence-corrected chi connectivity index (χ2v) is 5.89. The van der Waals surface area contributed by atoms with Gasteiger partial charge in [-0.05, 0) is 36.1 Å². The molecule has 1 fully saturated rings. The fourth-order valence-corrected chi connectivity index (χ4v) is 3.00. The van der Waals surface area contributed by atoms with Gasteiger partial charge in [0, 0.05) is 5.92 Å². The van der Waals surface area contributed by atoms with E-state index in [9.17, 15) is 9.18 Å². The number of nitrogens with zero attached hydrogens (tertiary/aromatic N) is 1. The summed E-state index contributed by atoms with van der Waals surface area (Å²) in [7, 11) is 0. The molecule has 1 saturated carbocycles. The van der Waals surface area contributed by atoms with Crippen LogP contribution in [0.2, 0.25) is 0 Å². The van der Waals surface area contributed by atoms with Crippen LogP contribution in [0.15, 0.2) is 48.5 Å². The third kappa shape index (κ3) is 2.70. The van der Waals surface area contributed by atoms with Gasteiger partial charge in [-0.1, -0.05) is 30.3 Å². The van der Waals surface area contributed by atoms with E-state index in [4.69, 9.17) is 0 Å². The minimum atomic E-state index is -0.231. The number of H-pyrrole nitrogens is 1. The number of carbonyl (C=O) groups is 1. The highest BCUT2D eigenvalue weighted by Crippen LogP contribution is 2.48. The van der Waals surface area contributed by atoms with Crippen LogP contribution in [0.25, 0.3) is 11.0 Å². The number of para-hydroxylation sites is 2. The normalized spacial score (nSPS) is 19.7. The Kier molecular flexibility index (Phi) is 3.33. The second-order valence-electron chi connectivity index (χ2n) is 5.89. The zero-order chi connectivity index (χ0) is 15.8. The Morgan fingerprint density at radius 1 is 1.22 bits per heavy atom. The highest BCUT2D eigenvalue weighted by atomic mass is 19.1. The molecule has 1 aromatic heterocycles. The summed E-state index contributed by atoms with van der Waals surface area (Å²) in [6.07, 6.45) is 0.701. The minimum Gasteiger partial charge on any atom is -0.349 e. The molecule has 23 heavy (non-hydrogen) atoms. The van der Waals surface area contributed by atoms with Gasteiger partial charge in [-0.25, -0.2) is 9.37 Å². The molecule has 0 radical (unpaired) electrons. The predicted molar refractivity (Wildman–Crippen MR) is 85.2 cm³/mol. The SMILES string of the molecule is O=C(NCc1nc2ccccc2[nH]1)[C@H]1C[C@@H]1c1ccccc1F. The fraction of sp³-hybridized carbons (Fsp3) is 0.222. The number of rotatable bonds is 4. The maximum absolute atomic E-state index is 13.7. The number of hydrogen-bond acceptors (Lipinski definition) is 2. The first kappa shape index (κ1) is 13.9. The molecule has 2 N–H and O–H groups in total. The van der Waals surface area contributed by atoms with Gasteiger partial charge in [-0.2, -0.15) is 0 Å². The summed E-state index contributed by atoms with van der Waals surface area (Å²) in [6.45, 7) is 0.355. The number of aromatic nitrogens is 2. The largest absolute Gasteiger partial charge is 0.349 e. The van der Waals surface area contributed by atoms with E-state index in [0.29, 0.717) is 18.5 Å². The van der Waals surface area contributed by atoms with Crippen molar-refractivity contribution in [2.24, 2.45) is 5.92 Å². The number of carbonyl (C=O) groups excluding carboxylic acids is 1. The summed E-state index contributed by atoms with van der Waals surface area (Å²) in [5.74, 6) is 0.301. The number of nitrogens with one attached hydrogen (secondary N) is 2. The van der Waals surface area contributed by atoms with Gasteiger partial charge in [-0.15, -0.1) is 0 Å². The number of imidazole rings is 1. The van der Waals surface area contributed by atoms with Crippen molar-refractivity contribution < 1.29 is 9.18 Å². The van der Waals surface area contributed by atoms with E-state index in [1.807, 2.05) is 24.3 Å². The van der Waals surface area contributed by atoms with Crippen molar-refractivity contribution in [1.29, 1.82) is 0 Å². The van der Waals surface area contributed by atoms with Crippen LogP contribution in [0, 0.1) is 11.7 Å². The van der Waals surface area contributed by atoms with E-state index in [-0.39, 0.29) is 23.6 Å². The summed E-state index contributed by atoms with van der Waals surface area (Å²) in [4.78, 5) is 19.8. The topological polar surface area (TPSA) is 57.8 Å². The third-order valence-electron chi connectivity index (χ3n) is 4.30. The lowest BCUT2D eigenvalue weighted by molar-refractivity contribution is -0.122. The van der Waals surface area contributed by atoms with Crippen molar-refractivity contribution in [2.45, 2.75) is 18.9 Å². The monoisotopic (exact) mass is 309 g/mol. The molecule has 1 aliphatic rings. The molecule has 4 nitrogen and oxygen atoms in total. The standard InChI is InChI=1S/C18H16FN3O/c19-14-6-2-1-5-11(14)12-9-13(12)18(23)20-10-17-21-15-7-3-4-8-16(15)22-17/h1-8,12-13H,9-10H2,(H,20,23)(H,21,22)/t12-,13+/m1/s1. The Morgan fingerprint density at radius 2 is 2.00 bits per heavy atom. The first-order chi connectivity index (χ1) is 11.2. The lowest BCUT2D eigenvalue weighted by Crippen LogP contribution is -2.25. The zero-order valence-electron chi connectivity index (χ0n) is 12.4. The average Bonchev–Trinajstić information content (AvgIpc) is 3.24. The molecule has 1 aliphatic carbocycles. The molecule has 0 bridgehead atoms. The molecule has 1 amide bonds. The van der Waals surface area contributed by atoms with Crippen LogP contribution in [0.3, 0.4) is 0 Å². The van der Waals surface area contributed by atoms with Crippen LogP contribution in [0.5, 0.6) is 0 Å². The molecular weight excluding hydrogens is 293 g/mol. The summed E-state index contributed by atoms with van der Waals surface area (Å²) < 4.78 is 13.7. The predicted octanol–water partition coefficient (Wildman–Crippen LogP) is 3.12. The van der Waals surface area contributed by atoms with Gasteiger partial charge in [0.15, 0.2) is 0 Å². The molecule has 2 atom stereocenters. The zero-order valence-corrected chi connectivity index (χ0v) is 12.4. The molecule has 5 heteroatoms. The van der Waals surface area contributed by atoms with Crippen LogP contribution in [0.4, 0.5) is 4.39 Å². The van der Waals surface area contributed by atoms with Crippen molar-refractivity contribution in [3.8, 4) is 0 Å². The van der Waals surface area contributed by atoms with E-state index in [1.54, 1.807) is 18.2 Å². The summed E-state index contributed by atoms with van der Waals surface area (Å²) in [6, 6.07) is 14.4. The Hall–Kier alpha value is -2.69. The lowest BCUT2D eigenvalue weighted by Gasteiger charge is -2.04. The number of amides is 1. The first-order valence-electron chi connectivity index (χ1n) is 7.68. The molecule has 1 heterocycles. The average molecular weight is 309 g/mol. The van der Waals surface area contributed by atoms with Gasteiger partial charge in [-0.3, -0.25) is 4.79 Å². The second kappa shape index (κ2) is 5.50. The summed E-state index contributed by atoms with van der Waals surface area (Å²) >= 11 is 0. The van der Waals surface area contributed by atoms with Crippen LogP contribution >= 0.6 is 0 Å². The third-order valence-corrected chi connectivity index (χ3v) is 4.30. The van der Waals surface area contributed by atoms with E-state index < -0.39 is 0 Å². The van der Waals surface area contributed by atoms with Crippen molar-refractivity contribution >= 4 is 16.9 Å². The van der Waals surface area contributed by atoms with Gasteiger partial charge in [0.05, 0.1) is 17.6 Å². The van der Waals surface area contributed by atoms with Crippen LogP contribution in [-0.4, -0.2) is 15.9 Å². The summed E-state index contributed by atoms with van der Waals surface area (Å²) in [5, 5.41) is 2.89. The molecule has 0 spiro atoms. The Labute approximate surface area is 132 Å². The molecule has 2 aromatic carbocycles. The smallest absolute Gasteiger partial charge is 0.224 e. The van der Waals surface area contributed by atoms with Crippen molar-refractivity contribution in [2.75, 3.05) is 0 Å². The number of halogens is 1. The molecule has 3 aromatic rings. The van der Waals surface area contributed by atoms with Crippen molar-refractivity contribution in [3.05, 3.63) is 65.7 Å². The van der Waals surface area contributed by atoms with E-state index >= 15 is 0 Å². The van der Waals surface area contributed by atoms with Crippen molar-refractivity contribution in [1.82, 2.24) is 15.3 Å². The van der Waals surface area contributed by atoms with Crippen LogP contribution in [0.1, 0.15) is 23.7 Å². The molecule has 0 aliphatic heterocycles. The Balaban J connectivity index is 1.39. The maximum atomic E-state index is 13.7. The van der Waals surface area contributed by atoms with E-state index in [1.165, 1.54) is 6.07 Å². The lowest BCUT2D eigenvalue weighted by atomic mass is 10.1. The fourth-order valence-electron chi connectivity index (χ4n) is 3.00. The molecular formula is C18H16FN3O. The summed E-state index contributed by atoms with van der Waals surface area (Å²) in [5.41, 5.74) is 2.47. The first-order valence-corrected chi connectivity index (χ1v) is 7.68. The van der Waals surface area contributed by atoms with Crippen LogP contribution in [-0.2, 0) is 11.3 Å². The Morgan fingerprint density at radius 3 is 2.83 bits per heavy atom. The highest BCUT2D eigenvalue weighted by Gasteiger charge is 2.44. The van der Waals surface area contributed by atoms with Crippen LogP contribution < -0.4 is 5.32 Å². The molecule has 0 saturated heterocycles. The maximum Gasteiger partial charge on any atom is 0.224 e.